The van der Waals surface area contributed by atoms with Crippen molar-refractivity contribution in [1.29, 1.82) is 0 Å². The number of oxazole rings is 1. The number of ether oxygens (including phenoxy) is 2. The lowest BCUT2D eigenvalue weighted by atomic mass is 9.82. The number of benzene rings is 1. The number of amides is 1. The van der Waals surface area contributed by atoms with Gasteiger partial charge in [-0.1, -0.05) is 19.9 Å². The van der Waals surface area contributed by atoms with Gasteiger partial charge in [-0.3, -0.25) is 14.9 Å². The Morgan fingerprint density at radius 2 is 2.00 bits per heavy atom. The van der Waals surface area contributed by atoms with E-state index < -0.39 is 0 Å². The van der Waals surface area contributed by atoms with Crippen LogP contribution in [-0.4, -0.2) is 30.9 Å². The van der Waals surface area contributed by atoms with Crippen molar-refractivity contribution in [3.05, 3.63) is 35.2 Å². The number of carbonyl (C=O) groups is 2. The molecule has 7 nitrogen and oxygen atoms in total. The SMILES string of the molecule is COc1ccc(CC(=O)Nc2nc3c(o2)CC(C(C)C)CC3=O)cc1OC. The molecule has 7 heteroatoms. The van der Waals surface area contributed by atoms with Crippen LogP contribution >= 0.6 is 0 Å². The number of anilines is 1. The van der Waals surface area contributed by atoms with Gasteiger partial charge in [0.2, 0.25) is 5.91 Å². The van der Waals surface area contributed by atoms with E-state index in [9.17, 15) is 9.59 Å². The average Bonchev–Trinajstić information content (AvgIpc) is 3.04. The van der Waals surface area contributed by atoms with Crippen molar-refractivity contribution in [2.45, 2.75) is 33.1 Å². The maximum absolute atomic E-state index is 12.3. The maximum Gasteiger partial charge on any atom is 0.302 e. The second kappa shape index (κ2) is 7.82. The van der Waals surface area contributed by atoms with Crippen LogP contribution in [0.3, 0.4) is 0 Å². The summed E-state index contributed by atoms with van der Waals surface area (Å²) in [6.45, 7) is 4.18. The van der Waals surface area contributed by atoms with Crippen LogP contribution in [0.25, 0.3) is 0 Å². The second-order valence-electron chi connectivity index (χ2n) is 7.04. The van der Waals surface area contributed by atoms with Crippen molar-refractivity contribution in [3.8, 4) is 11.5 Å². The molecule has 0 bridgehead atoms. The van der Waals surface area contributed by atoms with Gasteiger partial charge in [-0.05, 0) is 29.5 Å². The molecule has 1 aliphatic rings. The number of rotatable bonds is 6. The first-order chi connectivity index (χ1) is 12.9. The lowest BCUT2D eigenvalue weighted by Gasteiger charge is -2.22. The van der Waals surface area contributed by atoms with Crippen LogP contribution in [0.5, 0.6) is 11.5 Å². The summed E-state index contributed by atoms with van der Waals surface area (Å²) in [5.41, 5.74) is 1.10. The zero-order chi connectivity index (χ0) is 19.6. The van der Waals surface area contributed by atoms with E-state index in [0.29, 0.717) is 41.7 Å². The lowest BCUT2D eigenvalue weighted by molar-refractivity contribution is -0.115. The van der Waals surface area contributed by atoms with Crippen molar-refractivity contribution >= 4 is 17.7 Å². The number of carbonyl (C=O) groups excluding carboxylic acids is 2. The summed E-state index contributed by atoms with van der Waals surface area (Å²) in [5.74, 6) is 2.03. The molecule has 1 amide bonds. The Balaban J connectivity index is 1.69. The number of nitrogens with one attached hydrogen (secondary N) is 1. The fourth-order valence-electron chi connectivity index (χ4n) is 3.22. The monoisotopic (exact) mass is 372 g/mol. The zero-order valence-corrected chi connectivity index (χ0v) is 16.0. The number of nitrogens with zero attached hydrogens (tertiary/aromatic N) is 1. The standard InChI is InChI=1S/C20H24N2O5/c1-11(2)13-9-14(23)19-17(10-13)27-20(22-19)21-18(24)8-12-5-6-15(25-3)16(7-12)26-4/h5-7,11,13H,8-10H2,1-4H3,(H,21,22,24). The van der Waals surface area contributed by atoms with E-state index in [2.05, 4.69) is 24.1 Å². The van der Waals surface area contributed by atoms with Crippen molar-refractivity contribution in [1.82, 2.24) is 4.98 Å². The molecular weight excluding hydrogens is 348 g/mol. The van der Waals surface area contributed by atoms with Gasteiger partial charge in [0, 0.05) is 12.8 Å². The highest BCUT2D eigenvalue weighted by Gasteiger charge is 2.32. The average molecular weight is 372 g/mol. The summed E-state index contributed by atoms with van der Waals surface area (Å²) in [5, 5.41) is 2.64. The van der Waals surface area contributed by atoms with Gasteiger partial charge in [0.05, 0.1) is 20.6 Å². The third kappa shape index (κ3) is 4.13. The number of methoxy groups -OCH3 is 2. The molecule has 0 saturated carbocycles. The van der Waals surface area contributed by atoms with Gasteiger partial charge >= 0.3 is 6.01 Å². The van der Waals surface area contributed by atoms with Crippen LogP contribution < -0.4 is 14.8 Å². The fourth-order valence-corrected chi connectivity index (χ4v) is 3.22. The van der Waals surface area contributed by atoms with Crippen LogP contribution in [0, 0.1) is 11.8 Å². The third-order valence-electron chi connectivity index (χ3n) is 4.86. The van der Waals surface area contributed by atoms with Gasteiger partial charge in [-0.2, -0.15) is 4.98 Å². The number of Topliss-reactive ketones (excluding diaryl/α,β-unsaturated/α-hetero) is 1. The van der Waals surface area contributed by atoms with Gasteiger partial charge in [0.25, 0.3) is 0 Å². The molecule has 3 rings (SSSR count). The van der Waals surface area contributed by atoms with Crippen LogP contribution in [0.15, 0.2) is 22.6 Å². The Labute approximate surface area is 158 Å². The lowest BCUT2D eigenvalue weighted by Crippen LogP contribution is -2.23. The number of aromatic nitrogens is 1. The van der Waals surface area contributed by atoms with Crippen molar-refractivity contribution in [2.24, 2.45) is 11.8 Å². The first-order valence-corrected chi connectivity index (χ1v) is 8.95. The first-order valence-electron chi connectivity index (χ1n) is 8.95. The predicted octanol–water partition coefficient (Wildman–Crippen LogP) is 3.27. The van der Waals surface area contributed by atoms with Gasteiger partial charge in [-0.15, -0.1) is 0 Å². The van der Waals surface area contributed by atoms with E-state index in [1.54, 1.807) is 32.4 Å². The highest BCUT2D eigenvalue weighted by molar-refractivity contribution is 5.97. The van der Waals surface area contributed by atoms with Crippen molar-refractivity contribution in [3.63, 3.8) is 0 Å². The first kappa shape index (κ1) is 18.9. The Kier molecular flexibility index (Phi) is 5.48. The third-order valence-corrected chi connectivity index (χ3v) is 4.86. The molecule has 1 atom stereocenters. The van der Waals surface area contributed by atoms with Crippen LogP contribution in [0.4, 0.5) is 6.01 Å². The molecule has 1 heterocycles. The molecule has 2 aromatic rings. The van der Waals surface area contributed by atoms with Gasteiger partial charge in [-0.25, -0.2) is 0 Å². The van der Waals surface area contributed by atoms with Gasteiger partial charge < -0.3 is 13.9 Å². The Hall–Kier alpha value is -2.83. The van der Waals surface area contributed by atoms with Crippen molar-refractivity contribution < 1.29 is 23.5 Å². The van der Waals surface area contributed by atoms with Gasteiger partial charge in [0.15, 0.2) is 17.3 Å². The van der Waals surface area contributed by atoms with E-state index in [-0.39, 0.29) is 30.0 Å². The Morgan fingerprint density at radius 1 is 1.26 bits per heavy atom. The molecule has 0 aliphatic heterocycles. The summed E-state index contributed by atoms with van der Waals surface area (Å²) in [7, 11) is 3.10. The predicted molar refractivity (Wildman–Crippen MR) is 99.4 cm³/mol. The topological polar surface area (TPSA) is 90.7 Å². The van der Waals surface area contributed by atoms with Crippen LogP contribution in [-0.2, 0) is 17.6 Å². The maximum atomic E-state index is 12.3. The van der Waals surface area contributed by atoms with Crippen LogP contribution in [0.1, 0.15) is 42.1 Å². The molecule has 1 unspecified atom stereocenters. The molecule has 27 heavy (non-hydrogen) atoms. The molecule has 0 fully saturated rings. The smallest absolute Gasteiger partial charge is 0.302 e. The highest BCUT2D eigenvalue weighted by atomic mass is 16.5. The summed E-state index contributed by atoms with van der Waals surface area (Å²) >= 11 is 0. The molecule has 1 aromatic heterocycles. The molecule has 0 saturated heterocycles. The fraction of sp³-hybridized carbons (Fsp3) is 0.450. The number of hydrogen-bond donors (Lipinski definition) is 1. The Morgan fingerprint density at radius 3 is 2.67 bits per heavy atom. The molecule has 0 radical (unpaired) electrons. The highest BCUT2D eigenvalue weighted by Crippen LogP contribution is 2.32. The Bertz CT molecular complexity index is 856. The van der Waals surface area contributed by atoms with Gasteiger partial charge in [0.1, 0.15) is 11.5 Å². The second-order valence-corrected chi connectivity index (χ2v) is 7.04. The summed E-state index contributed by atoms with van der Waals surface area (Å²) < 4.78 is 16.1. The van der Waals surface area contributed by atoms with E-state index in [0.717, 1.165) is 5.56 Å². The number of hydrogen-bond acceptors (Lipinski definition) is 6. The van der Waals surface area contributed by atoms with E-state index in [1.165, 1.54) is 0 Å². The number of ketones is 1. The minimum absolute atomic E-state index is 0.0286. The van der Waals surface area contributed by atoms with E-state index in [1.807, 2.05) is 0 Å². The van der Waals surface area contributed by atoms with Crippen LogP contribution in [0.2, 0.25) is 0 Å². The molecule has 0 spiro atoms. The number of fused-ring (bicyclic) bond motifs is 1. The molecule has 1 aromatic carbocycles. The van der Waals surface area contributed by atoms with E-state index >= 15 is 0 Å². The molecule has 144 valence electrons. The van der Waals surface area contributed by atoms with E-state index in [4.69, 9.17) is 13.9 Å². The molecule has 1 aliphatic carbocycles. The minimum atomic E-state index is -0.284. The normalized spacial score (nSPS) is 16.2. The quantitative estimate of drug-likeness (QED) is 0.837. The summed E-state index contributed by atoms with van der Waals surface area (Å²) in [4.78, 5) is 28.8. The zero-order valence-electron chi connectivity index (χ0n) is 16.0. The van der Waals surface area contributed by atoms with Crippen molar-refractivity contribution in [2.75, 3.05) is 19.5 Å². The minimum Gasteiger partial charge on any atom is -0.493 e. The largest absolute Gasteiger partial charge is 0.493 e. The molecule has 1 N–H and O–H groups in total. The summed E-state index contributed by atoms with van der Waals surface area (Å²) in [6, 6.07) is 5.35. The molecular formula is C20H24N2O5. The summed E-state index contributed by atoms with van der Waals surface area (Å²) in [6.07, 6.45) is 1.25.